The number of nitrogens with one attached hydrogen (secondary N) is 1. The number of hydrogen-bond donors (Lipinski definition) is 1. The van der Waals surface area contributed by atoms with Gasteiger partial charge in [0, 0.05) is 11.6 Å². The summed E-state index contributed by atoms with van der Waals surface area (Å²) in [6.45, 7) is 15.1. The van der Waals surface area contributed by atoms with Crippen molar-refractivity contribution in [3.63, 3.8) is 0 Å². The van der Waals surface area contributed by atoms with E-state index in [2.05, 4.69) is 44.8 Å². The Morgan fingerprint density at radius 2 is 1.76 bits per heavy atom. The monoisotopic (exact) mass is 240 g/mol. The fraction of sp³-hybridized carbons (Fsp3) is 1.00. The molecular weight excluding hydrogens is 208 g/mol. The van der Waals surface area contributed by atoms with Crippen molar-refractivity contribution in [2.75, 3.05) is 19.6 Å². The van der Waals surface area contributed by atoms with Gasteiger partial charge in [-0.3, -0.25) is 4.90 Å². The number of rotatable bonds is 9. The van der Waals surface area contributed by atoms with Crippen molar-refractivity contribution in [2.45, 2.75) is 71.9 Å². The highest BCUT2D eigenvalue weighted by Gasteiger charge is 2.37. The molecule has 0 spiro atoms. The average molecular weight is 240 g/mol. The first-order chi connectivity index (χ1) is 8.06. The lowest BCUT2D eigenvalue weighted by Crippen LogP contribution is -2.58. The van der Waals surface area contributed by atoms with E-state index >= 15 is 0 Å². The van der Waals surface area contributed by atoms with Crippen LogP contribution in [0.25, 0.3) is 0 Å². The van der Waals surface area contributed by atoms with Crippen molar-refractivity contribution in [2.24, 2.45) is 5.92 Å². The van der Waals surface area contributed by atoms with Crippen LogP contribution in [-0.2, 0) is 0 Å². The van der Waals surface area contributed by atoms with Crippen LogP contribution in [0.2, 0.25) is 0 Å². The van der Waals surface area contributed by atoms with Gasteiger partial charge in [0.25, 0.3) is 0 Å². The summed E-state index contributed by atoms with van der Waals surface area (Å²) >= 11 is 0. The van der Waals surface area contributed by atoms with Crippen molar-refractivity contribution < 1.29 is 0 Å². The number of nitrogens with zero attached hydrogens (tertiary/aromatic N) is 1. The van der Waals surface area contributed by atoms with Gasteiger partial charge >= 0.3 is 0 Å². The van der Waals surface area contributed by atoms with E-state index in [1.165, 1.54) is 25.7 Å². The third kappa shape index (κ3) is 4.26. The van der Waals surface area contributed by atoms with E-state index in [4.69, 9.17) is 0 Å². The Kier molecular flexibility index (Phi) is 5.94. The van der Waals surface area contributed by atoms with Crippen LogP contribution in [0.1, 0.15) is 60.3 Å². The lowest BCUT2D eigenvalue weighted by atomic mass is 9.88. The Hall–Kier alpha value is -0.0800. The molecule has 0 aromatic carbocycles. The van der Waals surface area contributed by atoms with E-state index in [0.717, 1.165) is 25.6 Å². The fourth-order valence-corrected chi connectivity index (χ4v) is 2.89. The summed E-state index contributed by atoms with van der Waals surface area (Å²) in [4.78, 5) is 2.60. The summed E-state index contributed by atoms with van der Waals surface area (Å²) in [6.07, 6.45) is 5.51. The molecule has 0 saturated heterocycles. The van der Waals surface area contributed by atoms with Gasteiger partial charge in [0.05, 0.1) is 0 Å². The van der Waals surface area contributed by atoms with Gasteiger partial charge in [0.15, 0.2) is 0 Å². The largest absolute Gasteiger partial charge is 0.312 e. The van der Waals surface area contributed by atoms with E-state index in [1.54, 1.807) is 0 Å². The van der Waals surface area contributed by atoms with Crippen LogP contribution in [0.3, 0.4) is 0 Å². The average Bonchev–Trinajstić information content (AvgIpc) is 3.09. The summed E-state index contributed by atoms with van der Waals surface area (Å²) in [6, 6.07) is 0.648. The van der Waals surface area contributed by atoms with E-state index in [1.807, 2.05) is 0 Å². The Bertz CT molecular complexity index is 205. The second-order valence-corrected chi connectivity index (χ2v) is 6.01. The molecule has 1 aliphatic rings. The van der Waals surface area contributed by atoms with Crippen LogP contribution in [0.5, 0.6) is 0 Å². The summed E-state index contributed by atoms with van der Waals surface area (Å²) in [7, 11) is 0. The summed E-state index contributed by atoms with van der Waals surface area (Å²) < 4.78 is 0. The van der Waals surface area contributed by atoms with Crippen molar-refractivity contribution in [1.82, 2.24) is 10.2 Å². The van der Waals surface area contributed by atoms with Gasteiger partial charge in [0.2, 0.25) is 0 Å². The second-order valence-electron chi connectivity index (χ2n) is 6.01. The van der Waals surface area contributed by atoms with Gasteiger partial charge in [0.1, 0.15) is 0 Å². The summed E-state index contributed by atoms with van der Waals surface area (Å²) in [5, 5.41) is 3.79. The van der Waals surface area contributed by atoms with Crippen LogP contribution < -0.4 is 5.32 Å². The Morgan fingerprint density at radius 1 is 1.18 bits per heavy atom. The molecule has 1 unspecified atom stereocenters. The molecule has 0 radical (unpaired) electrons. The van der Waals surface area contributed by atoms with Crippen LogP contribution >= 0.6 is 0 Å². The Balaban J connectivity index is 2.62. The van der Waals surface area contributed by atoms with Gasteiger partial charge in [-0.05, 0) is 52.2 Å². The molecule has 0 aromatic heterocycles. The molecule has 1 aliphatic carbocycles. The maximum atomic E-state index is 3.79. The molecule has 17 heavy (non-hydrogen) atoms. The van der Waals surface area contributed by atoms with Crippen molar-refractivity contribution in [1.29, 1.82) is 0 Å². The molecule has 1 rings (SSSR count). The molecule has 1 N–H and O–H groups in total. The zero-order chi connectivity index (χ0) is 12.9. The molecule has 102 valence electrons. The standard InChI is InChI=1S/C15H32N2/c1-6-11-16-14(12-13-9-10-13)15(4,5)17(7-2)8-3/h13-14,16H,6-12H2,1-5H3. The van der Waals surface area contributed by atoms with Gasteiger partial charge in [-0.2, -0.15) is 0 Å². The third-order valence-corrected chi connectivity index (χ3v) is 4.34. The first-order valence-electron chi connectivity index (χ1n) is 7.54. The molecule has 2 heteroatoms. The molecule has 0 aromatic rings. The molecule has 0 bridgehead atoms. The van der Waals surface area contributed by atoms with E-state index in [0.29, 0.717) is 6.04 Å². The highest BCUT2D eigenvalue weighted by molar-refractivity contribution is 4.96. The van der Waals surface area contributed by atoms with Crippen LogP contribution in [0.15, 0.2) is 0 Å². The molecule has 1 saturated carbocycles. The maximum Gasteiger partial charge on any atom is 0.0306 e. The van der Waals surface area contributed by atoms with Gasteiger partial charge in [-0.15, -0.1) is 0 Å². The lowest BCUT2D eigenvalue weighted by molar-refractivity contribution is 0.0851. The first-order valence-corrected chi connectivity index (χ1v) is 7.54. The van der Waals surface area contributed by atoms with Crippen LogP contribution in [0, 0.1) is 5.92 Å². The minimum atomic E-state index is 0.279. The molecule has 1 fully saturated rings. The Labute approximate surface area is 108 Å². The predicted octanol–water partition coefficient (Wildman–Crippen LogP) is 3.28. The lowest BCUT2D eigenvalue weighted by Gasteiger charge is -2.44. The normalized spacial score (nSPS) is 18.7. The first kappa shape index (κ1) is 15.0. The van der Waals surface area contributed by atoms with Gasteiger partial charge < -0.3 is 5.32 Å². The SMILES string of the molecule is CCCNC(CC1CC1)C(C)(C)N(CC)CC. The molecule has 0 aliphatic heterocycles. The molecular formula is C15H32N2. The van der Waals surface area contributed by atoms with Crippen molar-refractivity contribution in [3.05, 3.63) is 0 Å². The number of hydrogen-bond acceptors (Lipinski definition) is 2. The highest BCUT2D eigenvalue weighted by Crippen LogP contribution is 2.36. The fourth-order valence-electron chi connectivity index (χ4n) is 2.89. The van der Waals surface area contributed by atoms with E-state index in [-0.39, 0.29) is 5.54 Å². The smallest absolute Gasteiger partial charge is 0.0306 e. The summed E-state index contributed by atoms with van der Waals surface area (Å²) in [5.41, 5.74) is 0.279. The van der Waals surface area contributed by atoms with Crippen molar-refractivity contribution >= 4 is 0 Å². The molecule has 0 heterocycles. The zero-order valence-corrected chi connectivity index (χ0v) is 12.6. The summed E-state index contributed by atoms with van der Waals surface area (Å²) in [5.74, 6) is 0.999. The topological polar surface area (TPSA) is 15.3 Å². The maximum absolute atomic E-state index is 3.79. The minimum absolute atomic E-state index is 0.279. The zero-order valence-electron chi connectivity index (χ0n) is 12.6. The van der Waals surface area contributed by atoms with Crippen LogP contribution in [0.4, 0.5) is 0 Å². The molecule has 1 atom stereocenters. The molecule has 2 nitrogen and oxygen atoms in total. The van der Waals surface area contributed by atoms with Gasteiger partial charge in [-0.25, -0.2) is 0 Å². The number of likely N-dealkylation sites (N-methyl/N-ethyl adjacent to an activating group) is 1. The molecule has 0 amide bonds. The van der Waals surface area contributed by atoms with Crippen LogP contribution in [-0.4, -0.2) is 36.1 Å². The minimum Gasteiger partial charge on any atom is -0.312 e. The van der Waals surface area contributed by atoms with Gasteiger partial charge in [-0.1, -0.05) is 33.6 Å². The second kappa shape index (κ2) is 6.75. The highest BCUT2D eigenvalue weighted by atomic mass is 15.2. The van der Waals surface area contributed by atoms with Crippen molar-refractivity contribution in [3.8, 4) is 0 Å². The predicted molar refractivity (Wildman–Crippen MR) is 76.4 cm³/mol. The van der Waals surface area contributed by atoms with E-state index < -0.39 is 0 Å². The third-order valence-electron chi connectivity index (χ3n) is 4.34. The van der Waals surface area contributed by atoms with E-state index in [9.17, 15) is 0 Å². The quantitative estimate of drug-likeness (QED) is 0.665. The Morgan fingerprint density at radius 3 is 2.18 bits per heavy atom.